The van der Waals surface area contributed by atoms with Crippen LogP contribution in [0.1, 0.15) is 0 Å². The number of halogens is 3. The Hall–Kier alpha value is -1.17. The zero-order valence-electron chi connectivity index (χ0n) is 6.70. The van der Waals surface area contributed by atoms with E-state index in [9.17, 15) is 8.78 Å². The maximum absolute atomic E-state index is 11.6. The van der Waals surface area contributed by atoms with Gasteiger partial charge in [-0.1, -0.05) is 0 Å². The lowest BCUT2D eigenvalue weighted by Gasteiger charge is -2.02. The molecule has 0 fully saturated rings. The summed E-state index contributed by atoms with van der Waals surface area (Å²) in [6.07, 6.45) is 2.70. The van der Waals surface area contributed by atoms with Crippen LogP contribution >= 0.6 is 12.4 Å². The molecule has 0 aliphatic rings. The molecule has 0 aliphatic carbocycles. The van der Waals surface area contributed by atoms with Crippen LogP contribution in [-0.2, 0) is 0 Å². The third kappa shape index (κ3) is 3.84. The van der Waals surface area contributed by atoms with Gasteiger partial charge >= 0.3 is 12.6 Å². The molecule has 0 amide bonds. The van der Waals surface area contributed by atoms with Crippen molar-refractivity contribution in [1.29, 1.82) is 0 Å². The lowest BCUT2D eigenvalue weighted by atomic mass is 10.5. The van der Waals surface area contributed by atoms with Gasteiger partial charge in [-0.25, -0.2) is 9.97 Å². The minimum atomic E-state index is -2.88. The Balaban J connectivity index is 0.00000144. The fourth-order valence-electron chi connectivity index (χ4n) is 0.586. The van der Waals surface area contributed by atoms with Gasteiger partial charge in [-0.2, -0.15) is 8.78 Å². The van der Waals surface area contributed by atoms with Crippen LogP contribution in [0.15, 0.2) is 12.4 Å². The monoisotopic (exact) mass is 211 g/mol. The van der Waals surface area contributed by atoms with Gasteiger partial charge in [0, 0.05) is 7.05 Å². The largest absolute Gasteiger partial charge is 0.401 e. The summed E-state index contributed by atoms with van der Waals surface area (Å²) < 4.78 is 27.1. The fraction of sp³-hybridized carbons (Fsp3) is 0.333. The maximum atomic E-state index is 11.6. The van der Waals surface area contributed by atoms with E-state index in [2.05, 4.69) is 20.0 Å². The van der Waals surface area contributed by atoms with E-state index in [0.29, 0.717) is 5.69 Å². The molecular formula is C6H8ClF2N3O. The van der Waals surface area contributed by atoms with E-state index < -0.39 is 6.61 Å². The first-order valence-electron chi connectivity index (χ1n) is 3.17. The van der Waals surface area contributed by atoms with E-state index in [1.54, 1.807) is 7.05 Å². The summed E-state index contributed by atoms with van der Waals surface area (Å²) in [4.78, 5) is 7.03. The van der Waals surface area contributed by atoms with Gasteiger partial charge in [-0.05, 0) is 0 Å². The number of nitrogens with one attached hydrogen (secondary N) is 1. The van der Waals surface area contributed by atoms with Crippen molar-refractivity contribution in [2.45, 2.75) is 6.61 Å². The van der Waals surface area contributed by atoms with Crippen molar-refractivity contribution in [1.82, 2.24) is 9.97 Å². The Morgan fingerprint density at radius 3 is 2.31 bits per heavy atom. The normalized spacial score (nSPS) is 9.23. The van der Waals surface area contributed by atoms with Crippen LogP contribution in [-0.4, -0.2) is 23.6 Å². The van der Waals surface area contributed by atoms with E-state index >= 15 is 0 Å². The van der Waals surface area contributed by atoms with Crippen molar-refractivity contribution in [3.63, 3.8) is 0 Å². The van der Waals surface area contributed by atoms with Crippen molar-refractivity contribution < 1.29 is 13.5 Å². The summed E-state index contributed by atoms with van der Waals surface area (Å²) in [7, 11) is 1.67. The molecule has 7 heteroatoms. The third-order valence-corrected chi connectivity index (χ3v) is 1.11. The van der Waals surface area contributed by atoms with E-state index in [1.807, 2.05) is 0 Å². The first kappa shape index (κ1) is 11.8. The maximum Gasteiger partial charge on any atom is 0.389 e. The molecule has 0 atom stereocenters. The number of rotatable bonds is 3. The van der Waals surface area contributed by atoms with Gasteiger partial charge in [0.05, 0.1) is 18.1 Å². The van der Waals surface area contributed by atoms with Crippen molar-refractivity contribution in [3.05, 3.63) is 12.4 Å². The molecule has 1 aromatic rings. The van der Waals surface area contributed by atoms with Gasteiger partial charge in [-0.15, -0.1) is 12.4 Å². The quantitative estimate of drug-likeness (QED) is 0.824. The molecule has 0 saturated carbocycles. The highest BCUT2D eigenvalue weighted by Crippen LogP contribution is 2.08. The lowest BCUT2D eigenvalue weighted by molar-refractivity contribution is -0.0560. The van der Waals surface area contributed by atoms with Crippen LogP contribution in [0, 0.1) is 0 Å². The number of aromatic nitrogens is 2. The predicted molar refractivity (Wildman–Crippen MR) is 45.5 cm³/mol. The van der Waals surface area contributed by atoms with Crippen LogP contribution < -0.4 is 10.1 Å². The summed E-state index contributed by atoms with van der Waals surface area (Å²) in [5.41, 5.74) is 0.636. The van der Waals surface area contributed by atoms with E-state index in [4.69, 9.17) is 0 Å². The number of anilines is 1. The van der Waals surface area contributed by atoms with Crippen LogP contribution in [0.2, 0.25) is 0 Å². The van der Waals surface area contributed by atoms with Crippen LogP contribution in [0.25, 0.3) is 0 Å². The smallest absolute Gasteiger partial charge is 0.389 e. The first-order valence-corrected chi connectivity index (χ1v) is 3.17. The summed E-state index contributed by atoms with van der Waals surface area (Å²) in [5.74, 6) is 0. The number of hydrogen-bond acceptors (Lipinski definition) is 4. The number of nitrogens with zero attached hydrogens (tertiary/aromatic N) is 2. The van der Waals surface area contributed by atoms with Crippen molar-refractivity contribution in [2.24, 2.45) is 0 Å². The van der Waals surface area contributed by atoms with Crippen LogP contribution in [0.5, 0.6) is 6.01 Å². The average Bonchev–Trinajstić information content (AvgIpc) is 2.05. The molecule has 0 spiro atoms. The lowest BCUT2D eigenvalue weighted by Crippen LogP contribution is -2.05. The molecule has 0 bridgehead atoms. The van der Waals surface area contributed by atoms with E-state index in [-0.39, 0.29) is 18.4 Å². The molecule has 13 heavy (non-hydrogen) atoms. The molecule has 0 saturated heterocycles. The Morgan fingerprint density at radius 1 is 1.38 bits per heavy atom. The van der Waals surface area contributed by atoms with Crippen molar-refractivity contribution in [3.8, 4) is 6.01 Å². The standard InChI is InChI=1S/C6H7F2N3O.ClH/c1-9-4-2-10-6(11-3-4)12-5(7)8;/h2-3,5,9H,1H3;1H. The summed E-state index contributed by atoms with van der Waals surface area (Å²) in [5, 5.41) is 2.74. The Labute approximate surface area is 79.7 Å². The highest BCUT2D eigenvalue weighted by molar-refractivity contribution is 5.85. The molecule has 0 unspecified atom stereocenters. The van der Waals surface area contributed by atoms with Crippen molar-refractivity contribution in [2.75, 3.05) is 12.4 Å². The predicted octanol–water partition coefficient (Wildman–Crippen LogP) is 1.54. The van der Waals surface area contributed by atoms with Gasteiger partial charge in [-0.3, -0.25) is 0 Å². The molecule has 4 nitrogen and oxygen atoms in total. The Bertz CT molecular complexity index is 244. The van der Waals surface area contributed by atoms with E-state index in [0.717, 1.165) is 0 Å². The zero-order chi connectivity index (χ0) is 8.97. The second-order valence-electron chi connectivity index (χ2n) is 1.88. The summed E-state index contributed by atoms with van der Waals surface area (Å²) >= 11 is 0. The molecule has 0 aliphatic heterocycles. The SMILES string of the molecule is CNc1cnc(OC(F)F)nc1.Cl. The highest BCUT2D eigenvalue weighted by Gasteiger charge is 2.05. The molecule has 1 N–H and O–H groups in total. The highest BCUT2D eigenvalue weighted by atomic mass is 35.5. The van der Waals surface area contributed by atoms with E-state index in [1.165, 1.54) is 12.4 Å². The van der Waals surface area contributed by atoms with Gasteiger partial charge in [0.1, 0.15) is 0 Å². The van der Waals surface area contributed by atoms with Gasteiger partial charge in [0.25, 0.3) is 0 Å². The van der Waals surface area contributed by atoms with Gasteiger partial charge < -0.3 is 10.1 Å². The second-order valence-corrected chi connectivity index (χ2v) is 1.88. The van der Waals surface area contributed by atoms with Crippen molar-refractivity contribution >= 4 is 18.1 Å². The second kappa shape index (κ2) is 5.47. The summed E-state index contributed by atoms with van der Waals surface area (Å²) in [6.45, 7) is -2.88. The molecule has 1 rings (SSSR count). The van der Waals surface area contributed by atoms with Crippen LogP contribution in [0.3, 0.4) is 0 Å². The third-order valence-electron chi connectivity index (χ3n) is 1.11. The first-order chi connectivity index (χ1) is 5.72. The molecule has 0 radical (unpaired) electrons. The van der Waals surface area contributed by atoms with Gasteiger partial charge in [0.2, 0.25) is 0 Å². The Morgan fingerprint density at radius 2 is 1.92 bits per heavy atom. The molecule has 1 aromatic heterocycles. The fourth-order valence-corrected chi connectivity index (χ4v) is 0.586. The number of ether oxygens (including phenoxy) is 1. The minimum absolute atomic E-state index is 0. The molecule has 1 heterocycles. The molecular weight excluding hydrogens is 204 g/mol. The molecule has 0 aromatic carbocycles. The molecule has 74 valence electrons. The minimum Gasteiger partial charge on any atom is -0.401 e. The van der Waals surface area contributed by atoms with Gasteiger partial charge in [0.15, 0.2) is 0 Å². The average molecular weight is 212 g/mol. The van der Waals surface area contributed by atoms with Crippen LogP contribution in [0.4, 0.5) is 14.5 Å². The zero-order valence-corrected chi connectivity index (χ0v) is 7.52. The number of hydrogen-bond donors (Lipinski definition) is 1. The number of alkyl halides is 2. The summed E-state index contributed by atoms with van der Waals surface area (Å²) in [6, 6.07) is -0.330. The Kier molecular flexibility index (Phi) is 4.98. The topological polar surface area (TPSA) is 47.0 Å².